The Kier molecular flexibility index (Phi) is 5.19. The molecule has 1 fully saturated rings. The van der Waals surface area contributed by atoms with Gasteiger partial charge in [-0.25, -0.2) is 18.4 Å². The average Bonchev–Trinajstić information content (AvgIpc) is 3.50. The lowest BCUT2D eigenvalue weighted by molar-refractivity contribution is 0.167. The minimum Gasteiger partial charge on any atom is -0.346 e. The van der Waals surface area contributed by atoms with E-state index in [4.69, 9.17) is 0 Å². The predicted molar refractivity (Wildman–Crippen MR) is 131 cm³/mol. The quantitative estimate of drug-likeness (QED) is 0.406. The molecule has 2 aromatic carbocycles. The molecule has 1 unspecified atom stereocenters. The molecular formula is C26H25N5O2S. The molecule has 0 aliphatic carbocycles. The second-order valence-corrected chi connectivity index (χ2v) is 10.7. The number of sulfone groups is 1. The van der Waals surface area contributed by atoms with E-state index in [9.17, 15) is 8.42 Å². The van der Waals surface area contributed by atoms with Gasteiger partial charge in [-0.1, -0.05) is 48.5 Å². The van der Waals surface area contributed by atoms with Crippen LogP contribution in [0.5, 0.6) is 0 Å². The number of benzene rings is 2. The van der Waals surface area contributed by atoms with Gasteiger partial charge in [-0.3, -0.25) is 4.90 Å². The molecule has 0 spiro atoms. The molecular weight excluding hydrogens is 446 g/mol. The summed E-state index contributed by atoms with van der Waals surface area (Å²) in [7, 11) is -3.81. The summed E-state index contributed by atoms with van der Waals surface area (Å²) in [6.07, 6.45) is 5.38. The van der Waals surface area contributed by atoms with Crippen LogP contribution in [0, 0.1) is 0 Å². The minimum atomic E-state index is -3.81. The van der Waals surface area contributed by atoms with Gasteiger partial charge >= 0.3 is 0 Å². The van der Waals surface area contributed by atoms with Crippen molar-refractivity contribution in [3.05, 3.63) is 84.7 Å². The fourth-order valence-electron chi connectivity index (χ4n) is 5.03. The normalized spacial score (nSPS) is 17.5. The molecule has 0 bridgehead atoms. The number of likely N-dealkylation sites (tertiary alicyclic amines) is 1. The van der Waals surface area contributed by atoms with Gasteiger partial charge in [0, 0.05) is 30.7 Å². The van der Waals surface area contributed by atoms with Crippen LogP contribution >= 0.6 is 0 Å². The maximum atomic E-state index is 13.8. The monoisotopic (exact) mass is 471 g/mol. The van der Waals surface area contributed by atoms with Gasteiger partial charge in [-0.15, -0.1) is 0 Å². The van der Waals surface area contributed by atoms with Gasteiger partial charge in [0.15, 0.2) is 0 Å². The molecule has 34 heavy (non-hydrogen) atoms. The molecule has 5 aromatic rings. The van der Waals surface area contributed by atoms with Crippen LogP contribution in [0.4, 0.5) is 0 Å². The third-order valence-corrected chi connectivity index (χ3v) is 8.25. The number of fused-ring (bicyclic) bond motifs is 3. The number of aromatic nitrogens is 4. The first-order chi connectivity index (χ1) is 16.6. The molecule has 1 aliphatic heterocycles. The summed E-state index contributed by atoms with van der Waals surface area (Å²) in [5.41, 5.74) is 3.41. The van der Waals surface area contributed by atoms with Crippen LogP contribution in [-0.4, -0.2) is 45.9 Å². The Morgan fingerprint density at radius 3 is 2.56 bits per heavy atom. The molecule has 172 valence electrons. The van der Waals surface area contributed by atoms with Gasteiger partial charge in [0.2, 0.25) is 15.0 Å². The summed E-state index contributed by atoms with van der Waals surface area (Å²) >= 11 is 0. The number of hydrogen-bond donors (Lipinski definition) is 1. The predicted octanol–water partition coefficient (Wildman–Crippen LogP) is 4.58. The smallest absolute Gasteiger partial charge is 0.240 e. The number of hydrogen-bond acceptors (Lipinski definition) is 5. The highest BCUT2D eigenvalue weighted by Crippen LogP contribution is 2.35. The molecule has 1 atom stereocenters. The minimum absolute atomic E-state index is 0.0172. The van der Waals surface area contributed by atoms with Gasteiger partial charge in [-0.05, 0) is 43.1 Å². The summed E-state index contributed by atoms with van der Waals surface area (Å²) in [5, 5.41) is 0.982. The zero-order valence-corrected chi connectivity index (χ0v) is 19.4. The van der Waals surface area contributed by atoms with Crippen molar-refractivity contribution in [1.29, 1.82) is 0 Å². The van der Waals surface area contributed by atoms with Gasteiger partial charge < -0.3 is 9.55 Å². The molecule has 7 nitrogen and oxygen atoms in total. The van der Waals surface area contributed by atoms with Crippen LogP contribution in [0.25, 0.3) is 22.1 Å². The number of pyridine rings is 1. The van der Waals surface area contributed by atoms with E-state index in [1.54, 1.807) is 30.5 Å². The van der Waals surface area contributed by atoms with Gasteiger partial charge in [0.1, 0.15) is 11.2 Å². The van der Waals surface area contributed by atoms with Crippen LogP contribution in [0.2, 0.25) is 0 Å². The van der Waals surface area contributed by atoms with E-state index < -0.39 is 9.84 Å². The zero-order chi connectivity index (χ0) is 23.1. The molecule has 1 aliphatic rings. The Bertz CT molecular complexity index is 1560. The molecule has 4 heterocycles. The van der Waals surface area contributed by atoms with Gasteiger partial charge in [0.05, 0.1) is 16.6 Å². The highest BCUT2D eigenvalue weighted by molar-refractivity contribution is 7.91. The van der Waals surface area contributed by atoms with Crippen molar-refractivity contribution in [1.82, 2.24) is 24.4 Å². The Balaban J connectivity index is 1.50. The maximum absolute atomic E-state index is 13.8. The summed E-state index contributed by atoms with van der Waals surface area (Å²) in [5.74, 6) is 0. The molecule has 6 rings (SSSR count). The molecule has 1 saturated heterocycles. The highest BCUT2D eigenvalue weighted by atomic mass is 32.2. The molecule has 0 saturated carbocycles. The average molecular weight is 472 g/mol. The van der Waals surface area contributed by atoms with Crippen LogP contribution in [0.1, 0.15) is 24.4 Å². The van der Waals surface area contributed by atoms with E-state index in [-0.39, 0.29) is 16.1 Å². The second kappa shape index (κ2) is 8.38. The fraction of sp³-hybridized carbons (Fsp3) is 0.231. The SMILES string of the molecule is O=S(=O)(c1ccccc1)c1nc2cnc3[nH]ccc3c2n1C1CCCN(Cc2ccccc2)C1. The Labute approximate surface area is 198 Å². The third kappa shape index (κ3) is 3.59. The number of imidazole rings is 1. The number of H-pyrrole nitrogens is 1. The van der Waals surface area contributed by atoms with Crippen molar-refractivity contribution < 1.29 is 8.42 Å². The van der Waals surface area contributed by atoms with E-state index in [0.717, 1.165) is 49.0 Å². The molecule has 0 amide bonds. The molecule has 1 N–H and O–H groups in total. The van der Waals surface area contributed by atoms with Crippen LogP contribution < -0.4 is 0 Å². The van der Waals surface area contributed by atoms with E-state index >= 15 is 0 Å². The molecule has 8 heteroatoms. The number of piperidine rings is 1. The van der Waals surface area contributed by atoms with Crippen molar-refractivity contribution in [2.45, 2.75) is 35.5 Å². The maximum Gasteiger partial charge on any atom is 0.240 e. The van der Waals surface area contributed by atoms with Crippen molar-refractivity contribution in [3.63, 3.8) is 0 Å². The van der Waals surface area contributed by atoms with Crippen molar-refractivity contribution in [3.8, 4) is 0 Å². The first kappa shape index (κ1) is 21.1. The topological polar surface area (TPSA) is 83.9 Å². The standard InChI is InChI=1S/C26H25N5O2S/c32-34(33,21-11-5-2-6-12-21)26-29-23-16-28-25-22(13-14-27-25)24(23)31(26)20-10-7-15-30(18-20)17-19-8-3-1-4-9-19/h1-6,8-9,11-14,16,20H,7,10,15,17-18H2,(H,27,28). The zero-order valence-electron chi connectivity index (χ0n) is 18.6. The number of nitrogens with one attached hydrogen (secondary N) is 1. The number of nitrogens with zero attached hydrogens (tertiary/aromatic N) is 4. The second-order valence-electron chi connectivity index (χ2n) is 8.83. The first-order valence-corrected chi connectivity index (χ1v) is 13.0. The first-order valence-electron chi connectivity index (χ1n) is 11.5. The largest absolute Gasteiger partial charge is 0.346 e. The summed E-state index contributed by atoms with van der Waals surface area (Å²) < 4.78 is 29.5. The van der Waals surface area contributed by atoms with Gasteiger partial charge in [-0.2, -0.15) is 0 Å². The van der Waals surface area contributed by atoms with E-state index in [2.05, 4.69) is 44.1 Å². The van der Waals surface area contributed by atoms with Crippen LogP contribution in [-0.2, 0) is 16.4 Å². The number of aromatic amines is 1. The van der Waals surface area contributed by atoms with Crippen molar-refractivity contribution in [2.24, 2.45) is 0 Å². The van der Waals surface area contributed by atoms with Crippen molar-refractivity contribution >= 4 is 31.9 Å². The third-order valence-electron chi connectivity index (χ3n) is 6.59. The number of rotatable bonds is 5. The fourth-order valence-corrected chi connectivity index (χ4v) is 6.48. The van der Waals surface area contributed by atoms with E-state index in [0.29, 0.717) is 5.52 Å². The summed E-state index contributed by atoms with van der Waals surface area (Å²) in [4.78, 5) is 14.9. The van der Waals surface area contributed by atoms with Crippen molar-refractivity contribution in [2.75, 3.05) is 13.1 Å². The molecule has 0 radical (unpaired) electrons. The Morgan fingerprint density at radius 2 is 1.76 bits per heavy atom. The van der Waals surface area contributed by atoms with Crippen LogP contribution in [0.3, 0.4) is 0 Å². The highest BCUT2D eigenvalue weighted by Gasteiger charge is 2.32. The Hall–Kier alpha value is -3.49. The van der Waals surface area contributed by atoms with E-state index in [1.165, 1.54) is 5.56 Å². The summed E-state index contributed by atoms with van der Waals surface area (Å²) in [6, 6.07) is 20.9. The van der Waals surface area contributed by atoms with Crippen LogP contribution in [0.15, 0.2) is 89.2 Å². The summed E-state index contributed by atoms with van der Waals surface area (Å²) in [6.45, 7) is 2.58. The van der Waals surface area contributed by atoms with Gasteiger partial charge in [0.25, 0.3) is 0 Å². The van der Waals surface area contributed by atoms with E-state index in [1.807, 2.05) is 29.0 Å². The lowest BCUT2D eigenvalue weighted by Gasteiger charge is -2.34. The molecule has 3 aromatic heterocycles. The Morgan fingerprint density at radius 1 is 1.00 bits per heavy atom. The lowest BCUT2D eigenvalue weighted by atomic mass is 10.0. The lowest BCUT2D eigenvalue weighted by Crippen LogP contribution is -2.36.